The van der Waals surface area contributed by atoms with Crippen LogP contribution in [0.1, 0.15) is 6.92 Å². The molecule has 1 atom stereocenters. The molecule has 0 spiro atoms. The summed E-state index contributed by atoms with van der Waals surface area (Å²) in [4.78, 5) is 10.7. The van der Waals surface area contributed by atoms with Crippen molar-refractivity contribution < 1.29 is 23.8 Å². The van der Waals surface area contributed by atoms with Crippen LogP contribution in [0.4, 0.5) is 8.78 Å². The van der Waals surface area contributed by atoms with Crippen LogP contribution < -0.4 is 0 Å². The Hall–Kier alpha value is -0.750. The van der Waals surface area contributed by atoms with E-state index in [-0.39, 0.29) is 0 Å². The van der Waals surface area contributed by atoms with Gasteiger partial charge in [-0.1, -0.05) is 0 Å². The number of hydrogen-bond donors (Lipinski definition) is 2. The van der Waals surface area contributed by atoms with Gasteiger partial charge in [0.1, 0.15) is 6.23 Å². The third-order valence-corrected chi connectivity index (χ3v) is 1.14. The normalized spacial score (nSPS) is 14.4. The lowest BCUT2D eigenvalue weighted by atomic mass is 10.4. The van der Waals surface area contributed by atoms with Crippen molar-refractivity contribution in [3.8, 4) is 0 Å². The average molecular weight is 169 g/mol. The van der Waals surface area contributed by atoms with Crippen molar-refractivity contribution in [2.24, 2.45) is 0 Å². The SMILES string of the molecule is CC(O)N(C)C(=O)C(O)(F)F. The molecule has 11 heavy (non-hydrogen) atoms. The standard InChI is InChI=1S/C5H9F2NO3/c1-3(9)8(2)4(10)5(6,7)11/h3,9,11H,1-2H3. The van der Waals surface area contributed by atoms with Crippen molar-refractivity contribution in [3.05, 3.63) is 0 Å². The second-order valence-electron chi connectivity index (χ2n) is 2.09. The summed E-state index contributed by atoms with van der Waals surface area (Å²) in [6, 6.07) is 0. The van der Waals surface area contributed by atoms with Gasteiger partial charge in [-0.25, -0.2) is 0 Å². The Kier molecular flexibility index (Phi) is 2.89. The maximum atomic E-state index is 11.8. The van der Waals surface area contributed by atoms with Crippen molar-refractivity contribution in [1.82, 2.24) is 4.90 Å². The summed E-state index contributed by atoms with van der Waals surface area (Å²) < 4.78 is 23.6. The monoisotopic (exact) mass is 169 g/mol. The Labute approximate surface area is 62.0 Å². The summed E-state index contributed by atoms with van der Waals surface area (Å²) >= 11 is 0. The van der Waals surface area contributed by atoms with Crippen LogP contribution in [0.25, 0.3) is 0 Å². The minimum atomic E-state index is -4.41. The Morgan fingerprint density at radius 2 is 2.00 bits per heavy atom. The molecule has 0 aromatic rings. The lowest BCUT2D eigenvalue weighted by Gasteiger charge is -2.21. The average Bonchev–Trinajstić information content (AvgIpc) is 1.82. The van der Waals surface area contributed by atoms with E-state index in [1.54, 1.807) is 0 Å². The largest absolute Gasteiger partial charge is 0.434 e. The highest BCUT2D eigenvalue weighted by molar-refractivity contribution is 5.81. The van der Waals surface area contributed by atoms with Crippen molar-refractivity contribution in [1.29, 1.82) is 0 Å². The smallest absolute Gasteiger partial charge is 0.374 e. The molecule has 0 aromatic heterocycles. The molecule has 0 radical (unpaired) electrons. The van der Waals surface area contributed by atoms with Crippen molar-refractivity contribution in [2.75, 3.05) is 7.05 Å². The summed E-state index contributed by atoms with van der Waals surface area (Å²) in [5.74, 6) is -1.83. The van der Waals surface area contributed by atoms with Gasteiger partial charge in [-0.15, -0.1) is 0 Å². The summed E-state index contributed by atoms with van der Waals surface area (Å²) in [6.07, 6.45) is -5.76. The van der Waals surface area contributed by atoms with Gasteiger partial charge in [-0.05, 0) is 6.92 Å². The van der Waals surface area contributed by atoms with Crippen LogP contribution in [0.15, 0.2) is 0 Å². The zero-order valence-electron chi connectivity index (χ0n) is 6.08. The van der Waals surface area contributed by atoms with Crippen LogP contribution in [-0.2, 0) is 4.79 Å². The fraction of sp³-hybridized carbons (Fsp3) is 0.800. The van der Waals surface area contributed by atoms with E-state index in [9.17, 15) is 13.6 Å². The number of hydrogen-bond acceptors (Lipinski definition) is 3. The fourth-order valence-corrected chi connectivity index (χ4v) is 0.382. The van der Waals surface area contributed by atoms with Gasteiger partial charge in [0.15, 0.2) is 0 Å². The lowest BCUT2D eigenvalue weighted by Crippen LogP contribution is -2.45. The van der Waals surface area contributed by atoms with Gasteiger partial charge >= 0.3 is 12.0 Å². The Balaban J connectivity index is 4.26. The number of amides is 1. The van der Waals surface area contributed by atoms with E-state index in [1.165, 1.54) is 0 Å². The quantitative estimate of drug-likeness (QED) is 0.541. The van der Waals surface area contributed by atoms with Crippen molar-refractivity contribution in [2.45, 2.75) is 19.3 Å². The number of carbonyl (C=O) groups excluding carboxylic acids is 1. The topological polar surface area (TPSA) is 60.8 Å². The van der Waals surface area contributed by atoms with Gasteiger partial charge in [0, 0.05) is 7.05 Å². The first kappa shape index (κ1) is 10.2. The molecule has 0 bridgehead atoms. The van der Waals surface area contributed by atoms with Crippen LogP contribution >= 0.6 is 0 Å². The zero-order valence-corrected chi connectivity index (χ0v) is 6.08. The Bertz CT molecular complexity index is 154. The van der Waals surface area contributed by atoms with E-state index < -0.39 is 18.2 Å². The van der Waals surface area contributed by atoms with Gasteiger partial charge in [0.05, 0.1) is 0 Å². The summed E-state index contributed by atoms with van der Waals surface area (Å²) in [5.41, 5.74) is 0. The first-order chi connectivity index (χ1) is 4.76. The Morgan fingerprint density at radius 3 is 2.09 bits per heavy atom. The predicted molar refractivity (Wildman–Crippen MR) is 31.6 cm³/mol. The molecule has 0 aliphatic rings. The molecule has 4 nitrogen and oxygen atoms in total. The van der Waals surface area contributed by atoms with Crippen LogP contribution in [-0.4, -0.2) is 40.4 Å². The molecule has 2 N–H and O–H groups in total. The molecule has 0 aliphatic carbocycles. The molecule has 0 rings (SSSR count). The van der Waals surface area contributed by atoms with E-state index in [0.717, 1.165) is 14.0 Å². The molecule has 1 amide bonds. The molecule has 0 aliphatic heterocycles. The molecule has 0 fully saturated rings. The summed E-state index contributed by atoms with van der Waals surface area (Å²) in [7, 11) is 0.955. The van der Waals surface area contributed by atoms with Crippen LogP contribution in [0.2, 0.25) is 0 Å². The maximum absolute atomic E-state index is 11.8. The highest BCUT2D eigenvalue weighted by atomic mass is 19.3. The van der Waals surface area contributed by atoms with Gasteiger partial charge in [0.25, 0.3) is 0 Å². The van der Waals surface area contributed by atoms with Crippen LogP contribution in [0, 0.1) is 0 Å². The number of carbonyl (C=O) groups is 1. The highest BCUT2D eigenvalue weighted by Crippen LogP contribution is 2.12. The van der Waals surface area contributed by atoms with Crippen LogP contribution in [0.5, 0.6) is 0 Å². The number of likely N-dealkylation sites (N-methyl/N-ethyl adjacent to an activating group) is 1. The molecule has 0 aromatic carbocycles. The first-order valence-corrected chi connectivity index (χ1v) is 2.82. The van der Waals surface area contributed by atoms with E-state index in [0.29, 0.717) is 4.90 Å². The molecule has 0 saturated heterocycles. The molecule has 1 unspecified atom stereocenters. The number of aliphatic hydroxyl groups excluding tert-OH is 1. The second-order valence-corrected chi connectivity index (χ2v) is 2.09. The molecule has 0 saturated carbocycles. The fourth-order valence-electron chi connectivity index (χ4n) is 0.382. The van der Waals surface area contributed by atoms with E-state index in [4.69, 9.17) is 10.2 Å². The molecular formula is C5H9F2NO3. The minimum absolute atomic E-state index is 0.333. The maximum Gasteiger partial charge on any atom is 0.434 e. The van der Waals surface area contributed by atoms with Crippen LogP contribution in [0.3, 0.4) is 0 Å². The summed E-state index contributed by atoms with van der Waals surface area (Å²) in [5, 5.41) is 16.5. The number of aliphatic hydroxyl groups is 2. The second kappa shape index (κ2) is 3.10. The Morgan fingerprint density at radius 1 is 1.64 bits per heavy atom. The minimum Gasteiger partial charge on any atom is -0.374 e. The van der Waals surface area contributed by atoms with Gasteiger partial charge in [-0.3, -0.25) is 4.79 Å². The van der Waals surface area contributed by atoms with E-state index in [1.807, 2.05) is 0 Å². The molecule has 6 heteroatoms. The third-order valence-electron chi connectivity index (χ3n) is 1.14. The number of rotatable bonds is 2. The number of halogens is 2. The zero-order chi connectivity index (χ0) is 9.23. The summed E-state index contributed by atoms with van der Waals surface area (Å²) in [6.45, 7) is 1.13. The lowest BCUT2D eigenvalue weighted by molar-refractivity contribution is -0.220. The molecule has 66 valence electrons. The number of nitrogens with zero attached hydrogens (tertiary/aromatic N) is 1. The number of alkyl halides is 2. The van der Waals surface area contributed by atoms with Crippen molar-refractivity contribution >= 4 is 5.91 Å². The van der Waals surface area contributed by atoms with Gasteiger partial charge in [-0.2, -0.15) is 8.78 Å². The van der Waals surface area contributed by atoms with Gasteiger partial charge in [0.2, 0.25) is 0 Å². The van der Waals surface area contributed by atoms with Crippen molar-refractivity contribution in [3.63, 3.8) is 0 Å². The molecule has 0 heterocycles. The van der Waals surface area contributed by atoms with E-state index in [2.05, 4.69) is 0 Å². The first-order valence-electron chi connectivity index (χ1n) is 2.82. The molecular weight excluding hydrogens is 160 g/mol. The third kappa shape index (κ3) is 2.77. The van der Waals surface area contributed by atoms with Gasteiger partial charge < -0.3 is 15.1 Å². The highest BCUT2D eigenvalue weighted by Gasteiger charge is 2.39. The predicted octanol–water partition coefficient (Wildman–Crippen LogP) is -0.632. The van der Waals surface area contributed by atoms with E-state index >= 15 is 0 Å².